The Balaban J connectivity index is 1.77. The number of aliphatic hydroxyl groups excluding tert-OH is 1. The van der Waals surface area contributed by atoms with E-state index in [1.54, 1.807) is 62.6 Å². The molecular formula is C27H24N2O5. The van der Waals surface area contributed by atoms with Crippen LogP contribution >= 0.6 is 0 Å². The lowest BCUT2D eigenvalue weighted by Gasteiger charge is -2.27. The maximum atomic E-state index is 13.3. The van der Waals surface area contributed by atoms with Gasteiger partial charge in [0.15, 0.2) is 5.76 Å². The standard InChI is InChI=1S/C27H24N2O5/c1-3-34-27(32)19-9-13-20(14-10-19)29-24(18-7-5-4-6-8-18)22(25(30)26(29)31)23(28)17-11-15-21(33-2)16-12-17/h4-16,24,28,30H,3H2,1-2H3. The minimum atomic E-state index is -0.725. The zero-order chi connectivity index (χ0) is 24.2. The van der Waals surface area contributed by atoms with Gasteiger partial charge < -0.3 is 14.6 Å². The molecule has 0 spiro atoms. The number of hydrogen-bond acceptors (Lipinski definition) is 6. The molecule has 3 aromatic carbocycles. The van der Waals surface area contributed by atoms with Crippen LogP contribution in [0, 0.1) is 5.41 Å². The molecule has 0 aromatic heterocycles. The summed E-state index contributed by atoms with van der Waals surface area (Å²) in [5.74, 6) is -0.917. The Morgan fingerprint density at radius 1 is 0.971 bits per heavy atom. The molecule has 2 N–H and O–H groups in total. The van der Waals surface area contributed by atoms with Gasteiger partial charge in [-0.3, -0.25) is 15.1 Å². The van der Waals surface area contributed by atoms with Gasteiger partial charge in [-0.05, 0) is 61.0 Å². The number of nitrogens with one attached hydrogen (secondary N) is 1. The van der Waals surface area contributed by atoms with Crippen molar-refractivity contribution in [2.75, 3.05) is 18.6 Å². The summed E-state index contributed by atoms with van der Waals surface area (Å²) in [6.07, 6.45) is 0. The Hall–Kier alpha value is -4.39. The number of carbonyl (C=O) groups is 2. The van der Waals surface area contributed by atoms with Crippen LogP contribution in [-0.2, 0) is 9.53 Å². The third-order valence-electron chi connectivity index (χ3n) is 5.63. The van der Waals surface area contributed by atoms with Gasteiger partial charge in [0.1, 0.15) is 5.75 Å². The summed E-state index contributed by atoms with van der Waals surface area (Å²) in [5.41, 5.74) is 2.36. The quantitative estimate of drug-likeness (QED) is 0.391. The van der Waals surface area contributed by atoms with Crippen LogP contribution in [0.5, 0.6) is 5.75 Å². The van der Waals surface area contributed by atoms with Crippen molar-refractivity contribution in [2.24, 2.45) is 0 Å². The Kier molecular flexibility index (Phi) is 6.45. The fraction of sp³-hybridized carbons (Fsp3) is 0.148. The van der Waals surface area contributed by atoms with Gasteiger partial charge in [0.25, 0.3) is 5.91 Å². The molecule has 4 rings (SSSR count). The van der Waals surface area contributed by atoms with Crippen molar-refractivity contribution in [3.05, 3.63) is 107 Å². The Morgan fingerprint density at radius 3 is 2.18 bits per heavy atom. The first kappa shape index (κ1) is 22.8. The lowest BCUT2D eigenvalue weighted by atomic mass is 9.92. The van der Waals surface area contributed by atoms with Crippen molar-refractivity contribution < 1.29 is 24.2 Å². The monoisotopic (exact) mass is 456 g/mol. The zero-order valence-electron chi connectivity index (χ0n) is 18.8. The van der Waals surface area contributed by atoms with Crippen molar-refractivity contribution in [1.29, 1.82) is 5.41 Å². The van der Waals surface area contributed by atoms with Gasteiger partial charge in [-0.25, -0.2) is 4.79 Å². The number of hydrogen-bond donors (Lipinski definition) is 2. The van der Waals surface area contributed by atoms with Crippen LogP contribution in [0.4, 0.5) is 5.69 Å². The molecule has 7 nitrogen and oxygen atoms in total. The van der Waals surface area contributed by atoms with E-state index in [1.807, 2.05) is 30.3 Å². The van der Waals surface area contributed by atoms with E-state index in [-0.39, 0.29) is 17.9 Å². The van der Waals surface area contributed by atoms with Gasteiger partial charge in [-0.1, -0.05) is 30.3 Å². The molecular weight excluding hydrogens is 432 g/mol. The molecule has 1 unspecified atom stereocenters. The molecule has 1 aliphatic heterocycles. The van der Waals surface area contributed by atoms with E-state index in [9.17, 15) is 14.7 Å². The smallest absolute Gasteiger partial charge is 0.338 e. The molecule has 0 radical (unpaired) electrons. The molecule has 34 heavy (non-hydrogen) atoms. The maximum absolute atomic E-state index is 13.3. The summed E-state index contributed by atoms with van der Waals surface area (Å²) < 4.78 is 10.2. The number of nitrogens with zero attached hydrogens (tertiary/aromatic N) is 1. The number of benzene rings is 3. The van der Waals surface area contributed by atoms with Gasteiger partial charge in [-0.2, -0.15) is 0 Å². The summed E-state index contributed by atoms with van der Waals surface area (Å²) in [5, 5.41) is 19.8. The van der Waals surface area contributed by atoms with Crippen molar-refractivity contribution in [3.8, 4) is 5.75 Å². The van der Waals surface area contributed by atoms with E-state index >= 15 is 0 Å². The molecule has 1 amide bonds. The number of methoxy groups -OCH3 is 1. The highest BCUT2D eigenvalue weighted by Crippen LogP contribution is 2.42. The van der Waals surface area contributed by atoms with Gasteiger partial charge in [0.05, 0.1) is 36.6 Å². The van der Waals surface area contributed by atoms with Crippen LogP contribution in [0.1, 0.15) is 34.5 Å². The molecule has 3 aromatic rings. The Labute approximate surface area is 197 Å². The van der Waals surface area contributed by atoms with Crippen molar-refractivity contribution in [3.63, 3.8) is 0 Å². The van der Waals surface area contributed by atoms with E-state index in [4.69, 9.17) is 14.9 Å². The Bertz CT molecular complexity index is 1250. The highest BCUT2D eigenvalue weighted by molar-refractivity contribution is 6.21. The summed E-state index contributed by atoms with van der Waals surface area (Å²) in [4.78, 5) is 26.7. The van der Waals surface area contributed by atoms with Crippen LogP contribution in [0.15, 0.2) is 90.2 Å². The zero-order valence-corrected chi connectivity index (χ0v) is 18.8. The highest BCUT2D eigenvalue weighted by atomic mass is 16.5. The largest absolute Gasteiger partial charge is 0.503 e. The normalized spacial score (nSPS) is 15.4. The first-order valence-electron chi connectivity index (χ1n) is 10.8. The molecule has 1 heterocycles. The van der Waals surface area contributed by atoms with E-state index < -0.39 is 23.7 Å². The van der Waals surface area contributed by atoms with Crippen molar-refractivity contribution in [2.45, 2.75) is 13.0 Å². The fourth-order valence-corrected chi connectivity index (χ4v) is 3.96. The number of esters is 1. The minimum Gasteiger partial charge on any atom is -0.503 e. The molecule has 0 aliphatic carbocycles. The summed E-state index contributed by atoms with van der Waals surface area (Å²) in [6, 6.07) is 21.8. The van der Waals surface area contributed by atoms with E-state index in [0.717, 1.165) is 5.56 Å². The third kappa shape index (κ3) is 4.15. The van der Waals surface area contributed by atoms with Gasteiger partial charge in [0, 0.05) is 11.3 Å². The molecule has 0 fully saturated rings. The fourth-order valence-electron chi connectivity index (χ4n) is 3.96. The number of ether oxygens (including phenoxy) is 2. The average molecular weight is 456 g/mol. The summed E-state index contributed by atoms with van der Waals surface area (Å²) in [6.45, 7) is 1.99. The van der Waals surface area contributed by atoms with Crippen LogP contribution in [0.3, 0.4) is 0 Å². The van der Waals surface area contributed by atoms with Crippen LogP contribution in [0.25, 0.3) is 0 Å². The second-order valence-electron chi connectivity index (χ2n) is 7.62. The van der Waals surface area contributed by atoms with Gasteiger partial charge in [0.2, 0.25) is 0 Å². The molecule has 7 heteroatoms. The van der Waals surface area contributed by atoms with Crippen LogP contribution in [-0.4, -0.2) is 36.4 Å². The molecule has 0 bridgehead atoms. The van der Waals surface area contributed by atoms with E-state index in [0.29, 0.717) is 22.6 Å². The maximum Gasteiger partial charge on any atom is 0.338 e. The highest BCUT2D eigenvalue weighted by Gasteiger charge is 2.43. The second-order valence-corrected chi connectivity index (χ2v) is 7.62. The number of carbonyl (C=O) groups excluding carboxylic acids is 2. The predicted octanol–water partition coefficient (Wildman–Crippen LogP) is 4.84. The number of aliphatic hydroxyl groups is 1. The SMILES string of the molecule is CCOC(=O)c1ccc(N2C(=O)C(O)=C(C(=N)c3ccc(OC)cc3)C2c2ccccc2)cc1. The molecule has 0 saturated carbocycles. The molecule has 1 atom stereocenters. The van der Waals surface area contributed by atoms with Crippen LogP contribution < -0.4 is 9.64 Å². The van der Waals surface area contributed by atoms with E-state index in [2.05, 4.69) is 0 Å². The molecule has 1 aliphatic rings. The Morgan fingerprint density at radius 2 is 1.59 bits per heavy atom. The van der Waals surface area contributed by atoms with Gasteiger partial charge >= 0.3 is 5.97 Å². The molecule has 0 saturated heterocycles. The van der Waals surface area contributed by atoms with E-state index in [1.165, 1.54) is 4.90 Å². The van der Waals surface area contributed by atoms with Gasteiger partial charge in [-0.15, -0.1) is 0 Å². The second kappa shape index (κ2) is 9.62. The van der Waals surface area contributed by atoms with Crippen LogP contribution in [0.2, 0.25) is 0 Å². The predicted molar refractivity (Wildman–Crippen MR) is 129 cm³/mol. The molecule has 172 valence electrons. The first-order chi connectivity index (χ1) is 16.5. The lowest BCUT2D eigenvalue weighted by molar-refractivity contribution is -0.117. The third-order valence-corrected chi connectivity index (χ3v) is 5.63. The lowest BCUT2D eigenvalue weighted by Crippen LogP contribution is -2.31. The topological polar surface area (TPSA) is 99.9 Å². The number of rotatable bonds is 7. The van der Waals surface area contributed by atoms with Crippen molar-refractivity contribution in [1.82, 2.24) is 0 Å². The first-order valence-corrected chi connectivity index (χ1v) is 10.8. The van der Waals surface area contributed by atoms with Crippen molar-refractivity contribution >= 4 is 23.3 Å². The average Bonchev–Trinajstić information content (AvgIpc) is 3.14. The summed E-state index contributed by atoms with van der Waals surface area (Å²) in [7, 11) is 1.56. The minimum absolute atomic E-state index is 0.0352. The number of anilines is 1. The summed E-state index contributed by atoms with van der Waals surface area (Å²) >= 11 is 0. The number of amides is 1.